The van der Waals surface area contributed by atoms with Crippen molar-refractivity contribution < 1.29 is 19.8 Å². The molecule has 2 N–H and O–H groups in total. The quantitative estimate of drug-likeness (QED) is 0.762. The van der Waals surface area contributed by atoms with Gasteiger partial charge in [-0.05, 0) is 30.2 Å². The Labute approximate surface area is 170 Å². The summed E-state index contributed by atoms with van der Waals surface area (Å²) < 4.78 is 0. The summed E-state index contributed by atoms with van der Waals surface area (Å²) in [6.45, 7) is 8.77. The van der Waals surface area contributed by atoms with Crippen molar-refractivity contribution in [3.63, 3.8) is 0 Å². The third-order valence-corrected chi connectivity index (χ3v) is 4.75. The number of halogens is 1. The molecule has 6 nitrogen and oxygen atoms in total. The number of aryl methyl sites for hydroxylation is 1. The summed E-state index contributed by atoms with van der Waals surface area (Å²) in [5.41, 5.74) is 4.09. The molecule has 0 unspecified atom stereocenters. The predicted molar refractivity (Wildman–Crippen MR) is 108 cm³/mol. The van der Waals surface area contributed by atoms with Gasteiger partial charge >= 0.3 is 11.9 Å². The highest BCUT2D eigenvalue weighted by Crippen LogP contribution is 2.14. The second-order valence-electron chi connectivity index (χ2n) is 6.77. The van der Waals surface area contributed by atoms with E-state index < -0.39 is 11.9 Å². The number of carboxylic acids is 2. The molecule has 2 aromatic carbocycles. The molecule has 1 aliphatic rings. The van der Waals surface area contributed by atoms with Gasteiger partial charge in [0.05, 0.1) is 0 Å². The van der Waals surface area contributed by atoms with E-state index in [1.807, 2.05) is 12.1 Å². The molecule has 1 fully saturated rings. The van der Waals surface area contributed by atoms with Crippen molar-refractivity contribution in [1.29, 1.82) is 0 Å². The van der Waals surface area contributed by atoms with Crippen LogP contribution in [0.15, 0.2) is 48.5 Å². The number of piperazine rings is 1. The average Bonchev–Trinajstić information content (AvgIpc) is 2.67. The zero-order valence-electron chi connectivity index (χ0n) is 15.8. The predicted octanol–water partition coefficient (Wildman–Crippen LogP) is 3.12. The Morgan fingerprint density at radius 3 is 1.50 bits per heavy atom. The minimum absolute atomic E-state index is 0.812. The van der Waals surface area contributed by atoms with Gasteiger partial charge in [-0.2, -0.15) is 0 Å². The van der Waals surface area contributed by atoms with E-state index in [0.29, 0.717) is 0 Å². The van der Waals surface area contributed by atoms with Crippen LogP contribution in [-0.2, 0) is 22.7 Å². The van der Waals surface area contributed by atoms with Crippen LogP contribution in [0.3, 0.4) is 0 Å². The van der Waals surface area contributed by atoms with Gasteiger partial charge in [0.1, 0.15) is 0 Å². The van der Waals surface area contributed by atoms with E-state index in [-0.39, 0.29) is 0 Å². The maximum atomic E-state index is 9.10. The Bertz CT molecular complexity index is 702. The summed E-state index contributed by atoms with van der Waals surface area (Å²) in [7, 11) is 0. The van der Waals surface area contributed by atoms with Crippen molar-refractivity contribution in [2.45, 2.75) is 20.0 Å². The Kier molecular flexibility index (Phi) is 8.44. The zero-order chi connectivity index (χ0) is 20.5. The second kappa shape index (κ2) is 10.8. The maximum absolute atomic E-state index is 9.10. The van der Waals surface area contributed by atoms with E-state index in [2.05, 4.69) is 53.1 Å². The summed E-state index contributed by atoms with van der Waals surface area (Å²) in [4.78, 5) is 23.3. The Balaban J connectivity index is 0.000000409. The van der Waals surface area contributed by atoms with E-state index in [9.17, 15) is 0 Å². The molecule has 0 spiro atoms. The standard InChI is InChI=1S/C19H23ClN2.C2H2O4/c1-16-2-4-17(5-3-16)14-21-10-12-22(13-11-21)15-18-6-8-19(20)9-7-18;3-1(4)2(5)6/h2-9H,10-15H2,1H3;(H,3,4)(H,5,6). The summed E-state index contributed by atoms with van der Waals surface area (Å²) in [5, 5.41) is 15.6. The van der Waals surface area contributed by atoms with Crippen molar-refractivity contribution in [3.8, 4) is 0 Å². The summed E-state index contributed by atoms with van der Waals surface area (Å²) in [6, 6.07) is 17.1. The van der Waals surface area contributed by atoms with Gasteiger partial charge in [-0.3, -0.25) is 9.80 Å². The first-order chi connectivity index (χ1) is 13.3. The highest BCUT2D eigenvalue weighted by atomic mass is 35.5. The van der Waals surface area contributed by atoms with Gasteiger partial charge in [0.2, 0.25) is 0 Å². The number of hydrogen-bond acceptors (Lipinski definition) is 4. The molecule has 1 heterocycles. The first-order valence-corrected chi connectivity index (χ1v) is 9.42. The molecular weight excluding hydrogens is 380 g/mol. The molecule has 1 saturated heterocycles. The monoisotopic (exact) mass is 404 g/mol. The SMILES string of the molecule is Cc1ccc(CN2CCN(Cc3ccc(Cl)cc3)CC2)cc1.O=C(O)C(=O)O. The fourth-order valence-corrected chi connectivity index (χ4v) is 3.03. The van der Waals surface area contributed by atoms with Gasteiger partial charge in [0.15, 0.2) is 0 Å². The lowest BCUT2D eigenvalue weighted by Crippen LogP contribution is -2.45. The molecule has 1 aliphatic heterocycles. The summed E-state index contributed by atoms with van der Waals surface area (Å²) in [6.07, 6.45) is 0. The summed E-state index contributed by atoms with van der Waals surface area (Å²) in [5.74, 6) is -3.65. The van der Waals surface area contributed by atoms with Gasteiger partial charge in [0, 0.05) is 44.3 Å². The first kappa shape index (κ1) is 21.9. The topological polar surface area (TPSA) is 81.1 Å². The van der Waals surface area contributed by atoms with Crippen molar-refractivity contribution in [1.82, 2.24) is 9.80 Å². The normalized spacial score (nSPS) is 14.8. The molecule has 150 valence electrons. The molecule has 0 atom stereocenters. The van der Waals surface area contributed by atoms with E-state index >= 15 is 0 Å². The number of aliphatic carboxylic acids is 2. The number of rotatable bonds is 4. The van der Waals surface area contributed by atoms with Crippen molar-refractivity contribution in [2.75, 3.05) is 26.2 Å². The lowest BCUT2D eigenvalue weighted by atomic mass is 10.1. The molecule has 0 aliphatic carbocycles. The van der Waals surface area contributed by atoms with Gasteiger partial charge in [-0.1, -0.05) is 53.6 Å². The van der Waals surface area contributed by atoms with E-state index in [1.54, 1.807) is 0 Å². The molecule has 7 heteroatoms. The second-order valence-corrected chi connectivity index (χ2v) is 7.21. The van der Waals surface area contributed by atoms with Crippen LogP contribution >= 0.6 is 11.6 Å². The van der Waals surface area contributed by atoms with Crippen molar-refractivity contribution >= 4 is 23.5 Å². The van der Waals surface area contributed by atoms with Crippen LogP contribution in [0.4, 0.5) is 0 Å². The molecule has 0 saturated carbocycles. The molecular formula is C21H25ClN2O4. The maximum Gasteiger partial charge on any atom is 0.414 e. The molecule has 0 bridgehead atoms. The Hall–Kier alpha value is -2.41. The van der Waals surface area contributed by atoms with Crippen molar-refractivity contribution in [3.05, 3.63) is 70.2 Å². The Morgan fingerprint density at radius 1 is 0.786 bits per heavy atom. The third-order valence-electron chi connectivity index (χ3n) is 4.49. The first-order valence-electron chi connectivity index (χ1n) is 9.04. The van der Waals surface area contributed by atoms with Crippen LogP contribution in [-0.4, -0.2) is 58.1 Å². The highest BCUT2D eigenvalue weighted by molar-refractivity contribution is 6.30. The molecule has 0 aromatic heterocycles. The van der Waals surface area contributed by atoms with E-state index in [4.69, 9.17) is 31.4 Å². The number of carboxylic acid groups (broad SMARTS) is 2. The fourth-order valence-electron chi connectivity index (χ4n) is 2.91. The molecule has 28 heavy (non-hydrogen) atoms. The minimum Gasteiger partial charge on any atom is -0.473 e. The smallest absolute Gasteiger partial charge is 0.414 e. The average molecular weight is 405 g/mol. The van der Waals surface area contributed by atoms with Crippen LogP contribution in [0.1, 0.15) is 16.7 Å². The lowest BCUT2D eigenvalue weighted by Gasteiger charge is -2.34. The van der Waals surface area contributed by atoms with Gasteiger partial charge in [0.25, 0.3) is 0 Å². The van der Waals surface area contributed by atoms with E-state index in [0.717, 1.165) is 44.3 Å². The largest absolute Gasteiger partial charge is 0.473 e. The fraction of sp³-hybridized carbons (Fsp3) is 0.333. The van der Waals surface area contributed by atoms with Gasteiger partial charge in [-0.15, -0.1) is 0 Å². The lowest BCUT2D eigenvalue weighted by molar-refractivity contribution is -0.159. The van der Waals surface area contributed by atoms with Crippen LogP contribution in [0, 0.1) is 6.92 Å². The third kappa shape index (κ3) is 7.68. The molecule has 0 radical (unpaired) electrons. The van der Waals surface area contributed by atoms with Gasteiger partial charge in [-0.25, -0.2) is 9.59 Å². The van der Waals surface area contributed by atoms with Gasteiger partial charge < -0.3 is 10.2 Å². The number of benzene rings is 2. The van der Waals surface area contributed by atoms with Crippen LogP contribution in [0.5, 0.6) is 0 Å². The Morgan fingerprint density at radius 2 is 1.14 bits per heavy atom. The number of carbonyl (C=O) groups is 2. The van der Waals surface area contributed by atoms with E-state index in [1.165, 1.54) is 16.7 Å². The van der Waals surface area contributed by atoms with Crippen LogP contribution < -0.4 is 0 Å². The molecule has 3 rings (SSSR count). The van der Waals surface area contributed by atoms with Crippen molar-refractivity contribution in [2.24, 2.45) is 0 Å². The zero-order valence-corrected chi connectivity index (χ0v) is 16.6. The molecule has 0 amide bonds. The number of nitrogens with zero attached hydrogens (tertiary/aromatic N) is 2. The minimum atomic E-state index is -1.82. The highest BCUT2D eigenvalue weighted by Gasteiger charge is 2.17. The molecule has 2 aromatic rings. The summed E-state index contributed by atoms with van der Waals surface area (Å²) >= 11 is 5.94. The van der Waals surface area contributed by atoms with Crippen LogP contribution in [0.25, 0.3) is 0 Å². The number of hydrogen-bond donors (Lipinski definition) is 2. The van der Waals surface area contributed by atoms with Crippen LogP contribution in [0.2, 0.25) is 5.02 Å².